The van der Waals surface area contributed by atoms with Crippen LogP contribution in [-0.2, 0) is 4.79 Å². The molecule has 0 radical (unpaired) electrons. The fourth-order valence-corrected chi connectivity index (χ4v) is 3.59. The predicted octanol–water partition coefficient (Wildman–Crippen LogP) is 4.29. The van der Waals surface area contributed by atoms with Crippen molar-refractivity contribution >= 4 is 17.4 Å². The lowest BCUT2D eigenvalue weighted by molar-refractivity contribution is -0.127. The average molecular weight is 287 g/mol. The zero-order valence-corrected chi connectivity index (χ0v) is 13.4. The Balaban J connectivity index is 2.11. The van der Waals surface area contributed by atoms with Crippen molar-refractivity contribution < 1.29 is 9.59 Å². The van der Waals surface area contributed by atoms with Crippen molar-refractivity contribution in [1.29, 1.82) is 0 Å². The largest absolute Gasteiger partial charge is 0.326 e. The highest BCUT2D eigenvalue weighted by Crippen LogP contribution is 2.44. The zero-order valence-electron chi connectivity index (χ0n) is 13.4. The Bertz CT molecular complexity index is 531. The van der Waals surface area contributed by atoms with Crippen molar-refractivity contribution in [3.8, 4) is 0 Å². The molecule has 1 aromatic rings. The first-order valence-corrected chi connectivity index (χ1v) is 7.73. The van der Waals surface area contributed by atoms with Crippen LogP contribution in [0.5, 0.6) is 0 Å². The number of anilines is 1. The van der Waals surface area contributed by atoms with Gasteiger partial charge in [0.05, 0.1) is 0 Å². The lowest BCUT2D eigenvalue weighted by Crippen LogP contribution is -2.42. The van der Waals surface area contributed by atoms with E-state index in [1.165, 1.54) is 6.42 Å². The number of hydrogen-bond donors (Lipinski definition) is 1. The van der Waals surface area contributed by atoms with Crippen LogP contribution in [-0.4, -0.2) is 11.7 Å². The van der Waals surface area contributed by atoms with Gasteiger partial charge in [0.25, 0.3) is 0 Å². The fraction of sp³-hybridized carbons (Fsp3) is 0.556. The summed E-state index contributed by atoms with van der Waals surface area (Å²) in [6, 6.07) is 7.12. The molecule has 1 aliphatic carbocycles. The van der Waals surface area contributed by atoms with Crippen molar-refractivity contribution in [2.75, 3.05) is 5.32 Å². The van der Waals surface area contributed by atoms with Crippen LogP contribution >= 0.6 is 0 Å². The Labute approximate surface area is 127 Å². The van der Waals surface area contributed by atoms with Crippen LogP contribution in [0.1, 0.15) is 57.3 Å². The summed E-state index contributed by atoms with van der Waals surface area (Å²) in [6.07, 6.45) is 3.41. The second-order valence-electron chi connectivity index (χ2n) is 6.96. The molecule has 0 bridgehead atoms. The molecule has 1 fully saturated rings. The monoisotopic (exact) mass is 287 g/mol. The van der Waals surface area contributed by atoms with Crippen LogP contribution < -0.4 is 5.32 Å². The molecule has 1 aromatic carbocycles. The van der Waals surface area contributed by atoms with E-state index in [0.29, 0.717) is 11.5 Å². The molecule has 3 heteroatoms. The molecule has 0 spiro atoms. The number of benzene rings is 1. The number of carbonyl (C=O) groups excluding carboxylic acids is 2. The maximum Gasteiger partial charge on any atom is 0.228 e. The van der Waals surface area contributed by atoms with E-state index in [9.17, 15) is 9.59 Å². The predicted molar refractivity (Wildman–Crippen MR) is 85.4 cm³/mol. The molecule has 0 saturated heterocycles. The summed E-state index contributed by atoms with van der Waals surface area (Å²) in [7, 11) is 0. The van der Waals surface area contributed by atoms with Crippen LogP contribution in [0.25, 0.3) is 0 Å². The van der Waals surface area contributed by atoms with Crippen LogP contribution in [0, 0.1) is 17.3 Å². The Hall–Kier alpha value is -1.64. The van der Waals surface area contributed by atoms with Gasteiger partial charge in [-0.1, -0.05) is 27.2 Å². The van der Waals surface area contributed by atoms with Crippen molar-refractivity contribution in [1.82, 2.24) is 0 Å². The minimum atomic E-state index is 0.0370. The lowest BCUT2D eigenvalue weighted by Gasteiger charge is -2.41. The summed E-state index contributed by atoms with van der Waals surface area (Å²) in [4.78, 5) is 23.9. The van der Waals surface area contributed by atoms with Gasteiger partial charge in [-0.25, -0.2) is 0 Å². The second-order valence-corrected chi connectivity index (χ2v) is 6.96. The Morgan fingerprint density at radius 1 is 1.19 bits per heavy atom. The smallest absolute Gasteiger partial charge is 0.228 e. The number of ketones is 1. The molecule has 114 valence electrons. The molecule has 0 heterocycles. The van der Waals surface area contributed by atoms with E-state index in [0.717, 1.165) is 18.5 Å². The molecular weight excluding hydrogens is 262 g/mol. The third-order valence-electron chi connectivity index (χ3n) is 4.73. The van der Waals surface area contributed by atoms with E-state index in [-0.39, 0.29) is 23.0 Å². The number of rotatable bonds is 3. The first-order valence-electron chi connectivity index (χ1n) is 7.73. The van der Waals surface area contributed by atoms with Gasteiger partial charge in [-0.2, -0.15) is 0 Å². The molecule has 2 rings (SSSR count). The summed E-state index contributed by atoms with van der Waals surface area (Å²) >= 11 is 0. The highest BCUT2D eigenvalue weighted by atomic mass is 16.2. The topological polar surface area (TPSA) is 46.2 Å². The third kappa shape index (κ3) is 3.52. The van der Waals surface area contributed by atoms with Crippen LogP contribution in [0.2, 0.25) is 0 Å². The highest BCUT2D eigenvalue weighted by Gasteiger charge is 2.41. The molecule has 21 heavy (non-hydrogen) atoms. The van der Waals surface area contributed by atoms with Gasteiger partial charge in [-0.15, -0.1) is 0 Å². The molecule has 1 aliphatic rings. The summed E-state index contributed by atoms with van der Waals surface area (Å²) in [5.41, 5.74) is 1.47. The second kappa shape index (κ2) is 6.00. The van der Waals surface area contributed by atoms with E-state index in [2.05, 4.69) is 26.1 Å². The first-order chi connectivity index (χ1) is 9.81. The minimum absolute atomic E-state index is 0.0370. The van der Waals surface area contributed by atoms with Gasteiger partial charge in [-0.05, 0) is 55.4 Å². The molecule has 1 amide bonds. The minimum Gasteiger partial charge on any atom is -0.326 e. The lowest BCUT2D eigenvalue weighted by atomic mass is 9.64. The van der Waals surface area contributed by atoms with E-state index in [1.807, 2.05) is 0 Å². The highest BCUT2D eigenvalue weighted by molar-refractivity contribution is 5.96. The third-order valence-corrected chi connectivity index (χ3v) is 4.73. The maximum atomic E-state index is 12.6. The Morgan fingerprint density at radius 3 is 2.33 bits per heavy atom. The SMILES string of the molecule is CC(=O)c1ccc(NC(=O)C2[C@@H](C)CCCC2(C)C)cc1. The number of nitrogens with one attached hydrogen (secondary N) is 1. The van der Waals surface area contributed by atoms with Gasteiger partial charge >= 0.3 is 0 Å². The molecule has 1 N–H and O–H groups in total. The summed E-state index contributed by atoms with van der Waals surface area (Å²) in [5, 5.41) is 3.01. The molecule has 1 saturated carbocycles. The quantitative estimate of drug-likeness (QED) is 0.843. The normalized spacial score (nSPS) is 24.4. The van der Waals surface area contributed by atoms with Gasteiger partial charge in [0.15, 0.2) is 5.78 Å². The molecule has 1 unspecified atom stereocenters. The van der Waals surface area contributed by atoms with Gasteiger partial charge < -0.3 is 5.32 Å². The molecule has 0 aliphatic heterocycles. The van der Waals surface area contributed by atoms with Crippen LogP contribution in [0.3, 0.4) is 0 Å². The number of amides is 1. The number of hydrogen-bond acceptors (Lipinski definition) is 2. The molecule has 3 nitrogen and oxygen atoms in total. The van der Waals surface area contributed by atoms with Crippen molar-refractivity contribution in [2.24, 2.45) is 17.3 Å². The molecular formula is C18H25NO2. The average Bonchev–Trinajstić information content (AvgIpc) is 2.37. The Kier molecular flexibility index (Phi) is 4.50. The van der Waals surface area contributed by atoms with E-state index in [4.69, 9.17) is 0 Å². The molecule has 2 atom stereocenters. The van der Waals surface area contributed by atoms with E-state index < -0.39 is 0 Å². The van der Waals surface area contributed by atoms with Crippen LogP contribution in [0.4, 0.5) is 5.69 Å². The fourth-order valence-electron chi connectivity index (χ4n) is 3.59. The van der Waals surface area contributed by atoms with Crippen molar-refractivity contribution in [3.63, 3.8) is 0 Å². The summed E-state index contributed by atoms with van der Waals surface area (Å²) < 4.78 is 0. The van der Waals surface area contributed by atoms with Gasteiger partial charge in [-0.3, -0.25) is 9.59 Å². The number of Topliss-reactive ketones (excluding diaryl/α,β-unsaturated/α-hetero) is 1. The first kappa shape index (κ1) is 15.7. The summed E-state index contributed by atoms with van der Waals surface area (Å²) in [5.74, 6) is 0.585. The van der Waals surface area contributed by atoms with Crippen LogP contribution in [0.15, 0.2) is 24.3 Å². The zero-order chi connectivity index (χ0) is 15.6. The maximum absolute atomic E-state index is 12.6. The summed E-state index contributed by atoms with van der Waals surface area (Å²) in [6.45, 7) is 8.08. The van der Waals surface area contributed by atoms with Gasteiger partial charge in [0, 0.05) is 17.2 Å². The van der Waals surface area contributed by atoms with Crippen molar-refractivity contribution in [3.05, 3.63) is 29.8 Å². The number of carbonyl (C=O) groups is 2. The Morgan fingerprint density at radius 2 is 1.81 bits per heavy atom. The van der Waals surface area contributed by atoms with Gasteiger partial charge in [0.1, 0.15) is 0 Å². The van der Waals surface area contributed by atoms with E-state index in [1.54, 1.807) is 31.2 Å². The van der Waals surface area contributed by atoms with Crippen molar-refractivity contribution in [2.45, 2.75) is 47.0 Å². The molecule has 0 aromatic heterocycles. The van der Waals surface area contributed by atoms with E-state index >= 15 is 0 Å². The standard InChI is InChI=1S/C18H25NO2/c1-12-6-5-11-18(3,4)16(12)17(21)19-15-9-7-14(8-10-15)13(2)20/h7-10,12,16H,5-6,11H2,1-4H3,(H,19,21)/t12-,16?/m0/s1. The van der Waals surface area contributed by atoms with Gasteiger partial charge in [0.2, 0.25) is 5.91 Å².